The van der Waals surface area contributed by atoms with Crippen molar-refractivity contribution in [2.45, 2.75) is 32.4 Å². The SMILES string of the molecule is CN1C(=NC(=O)OC(C)(C)C)NC(c2sc(C=O)cc2Cl)C[S+]1[O-]. The zero-order valence-electron chi connectivity index (χ0n) is 13.7. The monoisotopic (exact) mass is 391 g/mol. The van der Waals surface area contributed by atoms with E-state index in [0.29, 0.717) is 21.1 Å². The summed E-state index contributed by atoms with van der Waals surface area (Å²) in [4.78, 5) is 27.8. The van der Waals surface area contributed by atoms with Crippen molar-refractivity contribution in [3.05, 3.63) is 20.8 Å². The van der Waals surface area contributed by atoms with Crippen molar-refractivity contribution in [1.82, 2.24) is 9.62 Å². The Morgan fingerprint density at radius 3 is 2.83 bits per heavy atom. The predicted octanol–water partition coefficient (Wildman–Crippen LogP) is 2.74. The lowest BCUT2D eigenvalue weighted by atomic mass is 10.2. The van der Waals surface area contributed by atoms with Crippen LogP contribution >= 0.6 is 22.9 Å². The second-order valence-electron chi connectivity index (χ2n) is 6.08. The van der Waals surface area contributed by atoms with Gasteiger partial charge in [-0.15, -0.1) is 16.3 Å². The first-order chi connectivity index (χ1) is 11.1. The lowest BCUT2D eigenvalue weighted by molar-refractivity contribution is 0.0602. The van der Waals surface area contributed by atoms with E-state index in [1.165, 1.54) is 15.6 Å². The fourth-order valence-electron chi connectivity index (χ4n) is 1.95. The molecule has 7 nitrogen and oxygen atoms in total. The maximum absolute atomic E-state index is 12.3. The number of hydrogen-bond acceptors (Lipinski definition) is 5. The first-order valence-corrected chi connectivity index (χ1v) is 9.52. The van der Waals surface area contributed by atoms with Crippen LogP contribution < -0.4 is 5.32 Å². The van der Waals surface area contributed by atoms with Crippen LogP contribution in [0.25, 0.3) is 0 Å². The Kier molecular flexibility index (Phi) is 5.79. The molecule has 2 heterocycles. The van der Waals surface area contributed by atoms with Crippen LogP contribution in [0.2, 0.25) is 5.02 Å². The molecule has 1 aromatic rings. The zero-order chi connectivity index (χ0) is 18.1. The number of halogens is 1. The summed E-state index contributed by atoms with van der Waals surface area (Å²) in [7, 11) is 1.56. The first-order valence-electron chi connectivity index (χ1n) is 7.05. The van der Waals surface area contributed by atoms with E-state index in [0.717, 1.165) is 0 Å². The van der Waals surface area contributed by atoms with Gasteiger partial charge in [0.05, 0.1) is 33.2 Å². The lowest BCUT2D eigenvalue weighted by Crippen LogP contribution is -2.52. The number of nitrogens with zero attached hydrogens (tertiary/aromatic N) is 2. The van der Waals surface area contributed by atoms with Gasteiger partial charge in [0.25, 0.3) is 0 Å². The normalized spacial score (nSPS) is 23.1. The third kappa shape index (κ3) is 4.62. The summed E-state index contributed by atoms with van der Waals surface area (Å²) >= 11 is 5.97. The smallest absolute Gasteiger partial charge is 0.437 e. The van der Waals surface area contributed by atoms with E-state index in [9.17, 15) is 14.1 Å². The Hall–Kier alpha value is -1.29. The summed E-state index contributed by atoms with van der Waals surface area (Å²) in [6, 6.07) is 1.15. The van der Waals surface area contributed by atoms with Crippen molar-refractivity contribution >= 4 is 52.6 Å². The van der Waals surface area contributed by atoms with Crippen molar-refractivity contribution in [2.75, 3.05) is 12.8 Å². The Balaban J connectivity index is 2.24. The molecule has 0 radical (unpaired) electrons. The van der Waals surface area contributed by atoms with Crippen molar-refractivity contribution in [1.29, 1.82) is 0 Å². The van der Waals surface area contributed by atoms with Gasteiger partial charge in [-0.25, -0.2) is 4.79 Å². The van der Waals surface area contributed by atoms with Crippen LogP contribution in [-0.2, 0) is 16.1 Å². The van der Waals surface area contributed by atoms with E-state index in [2.05, 4.69) is 10.3 Å². The highest BCUT2D eigenvalue weighted by atomic mass is 35.5. The number of carbonyl (C=O) groups is 2. The van der Waals surface area contributed by atoms with E-state index in [4.69, 9.17) is 16.3 Å². The van der Waals surface area contributed by atoms with Gasteiger partial charge in [0.2, 0.25) is 5.96 Å². The molecule has 1 fully saturated rings. The average molecular weight is 392 g/mol. The minimum absolute atomic E-state index is 0.135. The predicted molar refractivity (Wildman–Crippen MR) is 95.0 cm³/mol. The number of ether oxygens (including phenoxy) is 1. The molecule has 1 aliphatic rings. The highest BCUT2D eigenvalue weighted by molar-refractivity contribution is 7.89. The van der Waals surface area contributed by atoms with E-state index >= 15 is 0 Å². The van der Waals surface area contributed by atoms with Gasteiger partial charge in [0.15, 0.2) is 12.0 Å². The molecule has 2 unspecified atom stereocenters. The maximum Gasteiger partial charge on any atom is 0.437 e. The van der Waals surface area contributed by atoms with Gasteiger partial charge in [-0.1, -0.05) is 11.6 Å². The van der Waals surface area contributed by atoms with Crippen LogP contribution in [0.15, 0.2) is 11.1 Å². The van der Waals surface area contributed by atoms with E-state index < -0.39 is 29.1 Å². The highest BCUT2D eigenvalue weighted by Gasteiger charge is 2.36. The second-order valence-corrected chi connectivity index (χ2v) is 9.12. The highest BCUT2D eigenvalue weighted by Crippen LogP contribution is 2.34. The number of amides is 1. The second kappa shape index (κ2) is 7.30. The fraction of sp³-hybridized carbons (Fsp3) is 0.500. The van der Waals surface area contributed by atoms with Crippen LogP contribution in [0, 0.1) is 0 Å². The number of aldehydes is 1. The Bertz CT molecular complexity index is 671. The molecule has 1 N–H and O–H groups in total. The third-order valence-electron chi connectivity index (χ3n) is 2.97. The molecular weight excluding hydrogens is 374 g/mol. The van der Waals surface area contributed by atoms with Crippen LogP contribution in [0.1, 0.15) is 41.4 Å². The molecular formula is C14H18ClN3O4S2. The number of nitrogens with one attached hydrogen (secondary N) is 1. The summed E-state index contributed by atoms with van der Waals surface area (Å²) in [5, 5.41) is 3.45. The standard InChI is InChI=1S/C14H18ClN3O4S2/c1-14(2,3)22-13(20)17-12-16-10(7-24(21)18(12)4)11-9(15)5-8(6-19)23-11/h5-6,10H,7H2,1-4H3,(H,16,17,20). The topological polar surface area (TPSA) is 94.1 Å². The van der Waals surface area contributed by atoms with Gasteiger partial charge >= 0.3 is 6.09 Å². The van der Waals surface area contributed by atoms with Gasteiger partial charge in [0, 0.05) is 0 Å². The van der Waals surface area contributed by atoms with Gasteiger partial charge in [-0.3, -0.25) is 4.79 Å². The van der Waals surface area contributed by atoms with E-state index in [1.54, 1.807) is 33.9 Å². The summed E-state index contributed by atoms with van der Waals surface area (Å²) in [5.41, 5.74) is -0.678. The summed E-state index contributed by atoms with van der Waals surface area (Å²) < 4.78 is 18.8. The number of aliphatic imine (C=N–C) groups is 1. The van der Waals surface area contributed by atoms with E-state index in [-0.39, 0.29) is 11.7 Å². The van der Waals surface area contributed by atoms with E-state index in [1.807, 2.05) is 0 Å². The maximum atomic E-state index is 12.3. The van der Waals surface area contributed by atoms with Crippen molar-refractivity contribution in [3.63, 3.8) is 0 Å². The molecule has 1 amide bonds. The summed E-state index contributed by atoms with van der Waals surface area (Å²) in [6.45, 7) is 5.20. The molecule has 2 atom stereocenters. The number of thiophene rings is 1. The van der Waals surface area contributed by atoms with Crippen LogP contribution in [0.3, 0.4) is 0 Å². The molecule has 1 saturated heterocycles. The average Bonchev–Trinajstić information content (AvgIpc) is 2.83. The minimum atomic E-state index is -1.39. The summed E-state index contributed by atoms with van der Waals surface area (Å²) in [6.07, 6.45) is -0.0675. The van der Waals surface area contributed by atoms with Gasteiger partial charge < -0.3 is 14.6 Å². The molecule has 0 bridgehead atoms. The Morgan fingerprint density at radius 1 is 1.62 bits per heavy atom. The summed E-state index contributed by atoms with van der Waals surface area (Å²) in [5.74, 6) is 0.387. The zero-order valence-corrected chi connectivity index (χ0v) is 16.0. The molecule has 1 aromatic heterocycles. The molecule has 1 aliphatic heterocycles. The molecule has 0 aliphatic carbocycles. The first kappa shape index (κ1) is 19.0. The molecule has 0 spiro atoms. The molecule has 2 rings (SSSR count). The number of carbonyl (C=O) groups excluding carboxylic acids is 2. The molecule has 24 heavy (non-hydrogen) atoms. The quantitative estimate of drug-likeness (QED) is 0.615. The molecule has 0 saturated carbocycles. The van der Waals surface area contributed by atoms with Crippen molar-refractivity contribution < 1.29 is 18.9 Å². The van der Waals surface area contributed by atoms with Crippen molar-refractivity contribution in [2.24, 2.45) is 4.99 Å². The van der Waals surface area contributed by atoms with Crippen LogP contribution in [-0.4, -0.2) is 45.6 Å². The molecule has 10 heteroatoms. The van der Waals surface area contributed by atoms with Gasteiger partial charge in [-0.2, -0.15) is 4.31 Å². The Morgan fingerprint density at radius 2 is 2.29 bits per heavy atom. The number of guanidine groups is 1. The van der Waals surface area contributed by atoms with Gasteiger partial charge in [0.1, 0.15) is 11.6 Å². The number of rotatable bonds is 2. The third-order valence-corrected chi connectivity index (χ3v) is 5.97. The van der Waals surface area contributed by atoms with Crippen molar-refractivity contribution in [3.8, 4) is 0 Å². The van der Waals surface area contributed by atoms with Crippen LogP contribution in [0.5, 0.6) is 0 Å². The fourth-order valence-corrected chi connectivity index (χ4v) is 4.45. The van der Waals surface area contributed by atoms with Gasteiger partial charge in [-0.05, 0) is 26.8 Å². The minimum Gasteiger partial charge on any atom is -0.593 e. The Labute approximate surface area is 152 Å². The molecule has 0 aromatic carbocycles. The number of hydrogen-bond donors (Lipinski definition) is 1. The lowest BCUT2D eigenvalue weighted by Gasteiger charge is -2.33. The largest absolute Gasteiger partial charge is 0.593 e. The molecule has 132 valence electrons. The van der Waals surface area contributed by atoms with Crippen LogP contribution in [0.4, 0.5) is 4.79 Å².